The third-order valence-electron chi connectivity index (χ3n) is 4.05. The van der Waals surface area contributed by atoms with Gasteiger partial charge in [-0.15, -0.1) is 0 Å². The lowest BCUT2D eigenvalue weighted by molar-refractivity contribution is 0.557. The van der Waals surface area contributed by atoms with Gasteiger partial charge in [-0.1, -0.05) is 76.9 Å². The number of allylic oxidation sites excluding steroid dienone is 2. The Kier molecular flexibility index (Phi) is 16.6. The smallest absolute Gasteiger partial charge is 0.271 e. The van der Waals surface area contributed by atoms with Gasteiger partial charge in [0.1, 0.15) is 0 Å². The Hall–Kier alpha value is -0.150. The van der Waals surface area contributed by atoms with Crippen molar-refractivity contribution in [3.8, 4) is 0 Å². The normalized spacial score (nSPS) is 12.3. The summed E-state index contributed by atoms with van der Waals surface area (Å²) in [7, 11) is -3.01. The molecule has 138 valence electrons. The van der Waals surface area contributed by atoms with Gasteiger partial charge in [0.2, 0.25) is 0 Å². The maximum atomic E-state index is 11.0. The van der Waals surface area contributed by atoms with E-state index in [0.717, 1.165) is 12.8 Å². The van der Waals surface area contributed by atoms with Crippen molar-refractivity contribution in [2.24, 2.45) is 11.0 Å². The molecule has 0 aromatic carbocycles. The molecule has 0 heterocycles. The molecule has 0 aliphatic heterocycles. The van der Waals surface area contributed by atoms with Crippen LogP contribution in [0.15, 0.2) is 12.2 Å². The minimum Gasteiger partial charge on any atom is -0.271 e. The molecule has 0 aliphatic carbocycles. The molecule has 0 aliphatic rings. The lowest BCUT2D eigenvalue weighted by Crippen LogP contribution is -2.22. The lowest BCUT2D eigenvalue weighted by atomic mass is 10.1. The van der Waals surface area contributed by atoms with Gasteiger partial charge < -0.3 is 0 Å². The summed E-state index contributed by atoms with van der Waals surface area (Å²) in [5.74, 6) is 0. The van der Waals surface area contributed by atoms with Gasteiger partial charge in [-0.2, -0.15) is 0 Å². The summed E-state index contributed by atoms with van der Waals surface area (Å²) in [5, 5.41) is 2.67. The molecule has 0 spiro atoms. The van der Waals surface area contributed by atoms with Gasteiger partial charge >= 0.3 is 0 Å². The molecule has 0 atom stereocenters. The van der Waals surface area contributed by atoms with E-state index in [1.807, 2.05) is 0 Å². The zero-order chi connectivity index (χ0) is 17.2. The summed E-state index contributed by atoms with van der Waals surface area (Å²) >= 11 is 0. The Morgan fingerprint density at radius 3 is 1.65 bits per heavy atom. The third-order valence-corrected chi connectivity index (χ3v) is 4.77. The quantitative estimate of drug-likeness (QED) is 0.181. The highest BCUT2D eigenvalue weighted by Gasteiger charge is 2.04. The van der Waals surface area contributed by atoms with E-state index in [4.69, 9.17) is 11.0 Å². The van der Waals surface area contributed by atoms with E-state index in [0.29, 0.717) is 6.54 Å². The van der Waals surface area contributed by atoms with E-state index < -0.39 is 7.59 Å². The van der Waals surface area contributed by atoms with E-state index in [-0.39, 0.29) is 0 Å². The molecule has 4 nitrogen and oxygen atoms in total. The summed E-state index contributed by atoms with van der Waals surface area (Å²) in [6, 6.07) is 0. The molecular weight excluding hydrogens is 305 g/mol. The number of nitrogens with two attached hydrogens (primary N) is 2. The third kappa shape index (κ3) is 21.9. The Labute approximate surface area is 144 Å². The zero-order valence-corrected chi connectivity index (χ0v) is 16.2. The predicted octanol–water partition coefficient (Wildman–Crippen LogP) is 5.64. The van der Waals surface area contributed by atoms with Crippen molar-refractivity contribution < 1.29 is 4.57 Å². The van der Waals surface area contributed by atoms with Crippen molar-refractivity contribution in [2.45, 2.75) is 96.8 Å². The van der Waals surface area contributed by atoms with Crippen LogP contribution in [0.1, 0.15) is 96.8 Å². The first-order valence-corrected chi connectivity index (χ1v) is 11.5. The molecule has 0 aromatic rings. The minimum absolute atomic E-state index is 0.658. The average Bonchev–Trinajstić information content (AvgIpc) is 2.49. The fourth-order valence-corrected chi connectivity index (χ4v) is 3.13. The van der Waals surface area contributed by atoms with Crippen LogP contribution in [0.3, 0.4) is 0 Å². The van der Waals surface area contributed by atoms with Gasteiger partial charge in [0.15, 0.2) is 0 Å². The second-order valence-electron chi connectivity index (χ2n) is 6.56. The molecule has 0 unspecified atom stereocenters. The molecule has 5 heteroatoms. The molecule has 5 N–H and O–H groups in total. The topological polar surface area (TPSA) is 81.1 Å². The summed E-state index contributed by atoms with van der Waals surface area (Å²) in [4.78, 5) is 0. The van der Waals surface area contributed by atoms with Crippen LogP contribution < -0.4 is 16.1 Å². The maximum Gasteiger partial charge on any atom is 0.273 e. The van der Waals surface area contributed by atoms with Gasteiger partial charge in [0.25, 0.3) is 7.59 Å². The van der Waals surface area contributed by atoms with Gasteiger partial charge in [-0.25, -0.2) is 5.09 Å². The van der Waals surface area contributed by atoms with Crippen molar-refractivity contribution in [2.75, 3.05) is 6.54 Å². The monoisotopic (exact) mass is 345 g/mol. The van der Waals surface area contributed by atoms with Crippen molar-refractivity contribution in [3.05, 3.63) is 12.2 Å². The van der Waals surface area contributed by atoms with Crippen molar-refractivity contribution in [1.29, 1.82) is 0 Å². The van der Waals surface area contributed by atoms with Gasteiger partial charge in [0, 0.05) is 6.54 Å². The van der Waals surface area contributed by atoms with Gasteiger partial charge in [0.05, 0.1) is 0 Å². The summed E-state index contributed by atoms with van der Waals surface area (Å²) in [6.07, 6.45) is 22.8. The van der Waals surface area contributed by atoms with Crippen LogP contribution in [-0.2, 0) is 4.57 Å². The fourth-order valence-electron chi connectivity index (χ4n) is 2.63. The highest BCUT2D eigenvalue weighted by molar-refractivity contribution is 7.56. The maximum absolute atomic E-state index is 11.0. The highest BCUT2D eigenvalue weighted by Crippen LogP contribution is 2.17. The number of rotatable bonds is 17. The molecule has 23 heavy (non-hydrogen) atoms. The summed E-state index contributed by atoms with van der Waals surface area (Å²) in [6.45, 7) is 2.92. The second-order valence-corrected chi connectivity index (χ2v) is 8.29. The largest absolute Gasteiger partial charge is 0.273 e. The van der Waals surface area contributed by atoms with Gasteiger partial charge in [-0.3, -0.25) is 15.6 Å². The number of hydrogen-bond donors (Lipinski definition) is 3. The predicted molar refractivity (Wildman–Crippen MR) is 103 cm³/mol. The fraction of sp³-hybridized carbons (Fsp3) is 0.889. The summed E-state index contributed by atoms with van der Waals surface area (Å²) < 4.78 is 11.0. The van der Waals surface area contributed by atoms with Crippen LogP contribution in [0.4, 0.5) is 0 Å². The Balaban J connectivity index is 3.12. The van der Waals surface area contributed by atoms with E-state index >= 15 is 0 Å². The zero-order valence-electron chi connectivity index (χ0n) is 15.3. The second kappa shape index (κ2) is 16.7. The SMILES string of the molecule is CCCCCCCC/C=C\CCCCCCCCNP(N)(N)=O. The van der Waals surface area contributed by atoms with Crippen LogP contribution in [0.25, 0.3) is 0 Å². The Morgan fingerprint density at radius 1 is 0.739 bits per heavy atom. The number of nitrogens with one attached hydrogen (secondary N) is 1. The Bertz CT molecular complexity index is 315. The first-order valence-electron chi connectivity index (χ1n) is 9.63. The standard InChI is InChI=1S/C18H40N3OP/c1-2-3-4-5-6-7-8-9-10-11-12-13-14-15-16-17-18-21-23(19,20)22/h9-10H,2-8,11-18H2,1H3,(H5,19,20,21,22)/b10-9-. The average molecular weight is 346 g/mol. The van der Waals surface area contributed by atoms with Crippen LogP contribution in [-0.4, -0.2) is 6.54 Å². The molecule has 0 aromatic heterocycles. The molecule has 0 saturated carbocycles. The van der Waals surface area contributed by atoms with Crippen LogP contribution in [0, 0.1) is 0 Å². The molecule has 0 fully saturated rings. The van der Waals surface area contributed by atoms with Crippen molar-refractivity contribution >= 4 is 7.59 Å². The molecule has 0 saturated heterocycles. The van der Waals surface area contributed by atoms with E-state index in [2.05, 4.69) is 24.2 Å². The van der Waals surface area contributed by atoms with Crippen molar-refractivity contribution in [1.82, 2.24) is 5.09 Å². The number of hydrogen-bond acceptors (Lipinski definition) is 1. The first-order chi connectivity index (χ1) is 11.1. The Morgan fingerprint density at radius 2 is 1.17 bits per heavy atom. The molecular formula is C18H40N3OP. The molecule has 0 bridgehead atoms. The van der Waals surface area contributed by atoms with Crippen LogP contribution >= 0.6 is 7.59 Å². The first kappa shape index (κ1) is 22.9. The summed E-state index contributed by atoms with van der Waals surface area (Å²) in [5.41, 5.74) is 10.4. The van der Waals surface area contributed by atoms with E-state index in [1.54, 1.807) is 0 Å². The molecule has 0 amide bonds. The lowest BCUT2D eigenvalue weighted by Gasteiger charge is -2.07. The number of unbranched alkanes of at least 4 members (excludes halogenated alkanes) is 12. The van der Waals surface area contributed by atoms with Crippen LogP contribution in [0.5, 0.6) is 0 Å². The molecule has 0 rings (SSSR count). The molecule has 0 radical (unpaired) electrons. The van der Waals surface area contributed by atoms with Gasteiger partial charge in [-0.05, 0) is 32.1 Å². The van der Waals surface area contributed by atoms with E-state index in [9.17, 15) is 4.57 Å². The highest BCUT2D eigenvalue weighted by atomic mass is 31.2. The minimum atomic E-state index is -3.01. The van der Waals surface area contributed by atoms with E-state index in [1.165, 1.54) is 77.0 Å². The van der Waals surface area contributed by atoms with Crippen LogP contribution in [0.2, 0.25) is 0 Å². The van der Waals surface area contributed by atoms with Crippen molar-refractivity contribution in [3.63, 3.8) is 0 Å².